The molecule has 1 aromatic rings. The monoisotopic (exact) mass is 183 g/mol. The van der Waals surface area contributed by atoms with Crippen LogP contribution in [0, 0.1) is 0 Å². The Bertz CT molecular complexity index is 246. The van der Waals surface area contributed by atoms with E-state index in [0.717, 1.165) is 5.76 Å². The molecule has 0 fully saturated rings. The number of rotatable bonds is 5. The zero-order chi connectivity index (χ0) is 9.52. The minimum Gasteiger partial charge on any atom is -0.468 e. The molecule has 0 atom stereocenters. The Morgan fingerprint density at radius 1 is 1.54 bits per heavy atom. The van der Waals surface area contributed by atoms with E-state index >= 15 is 0 Å². The lowest BCUT2D eigenvalue weighted by molar-refractivity contribution is 0.249. The van der Waals surface area contributed by atoms with Crippen LogP contribution in [-0.2, 0) is 6.54 Å². The molecule has 2 amide bonds. The molecule has 4 N–H and O–H groups in total. The molecule has 5 heteroatoms. The van der Waals surface area contributed by atoms with Crippen LogP contribution in [0.2, 0.25) is 0 Å². The quantitative estimate of drug-likeness (QED) is 0.564. The van der Waals surface area contributed by atoms with Crippen LogP contribution in [0.5, 0.6) is 0 Å². The highest BCUT2D eigenvalue weighted by molar-refractivity contribution is 5.71. The summed E-state index contributed by atoms with van der Waals surface area (Å²) in [6.07, 6.45) is 1.62. The second-order valence-electron chi connectivity index (χ2n) is 2.55. The Kier molecular flexibility index (Phi) is 3.84. The molecule has 1 heterocycles. The first-order chi connectivity index (χ1) is 6.29. The van der Waals surface area contributed by atoms with Crippen LogP contribution in [-0.4, -0.2) is 19.1 Å². The third-order valence-electron chi connectivity index (χ3n) is 1.48. The van der Waals surface area contributed by atoms with Gasteiger partial charge in [0.1, 0.15) is 5.76 Å². The summed E-state index contributed by atoms with van der Waals surface area (Å²) in [4.78, 5) is 10.3. The standard InChI is InChI=1S/C8H13N3O2/c9-8(12)11-4-3-10-6-7-2-1-5-13-7/h1-2,5,10H,3-4,6H2,(H3,9,11,12). The minimum atomic E-state index is -0.500. The molecule has 0 bridgehead atoms. The smallest absolute Gasteiger partial charge is 0.312 e. The Morgan fingerprint density at radius 2 is 2.38 bits per heavy atom. The van der Waals surface area contributed by atoms with Crippen LogP contribution in [0.25, 0.3) is 0 Å². The zero-order valence-corrected chi connectivity index (χ0v) is 7.25. The van der Waals surface area contributed by atoms with Crippen LogP contribution < -0.4 is 16.4 Å². The number of furan rings is 1. The zero-order valence-electron chi connectivity index (χ0n) is 7.25. The molecule has 0 aliphatic carbocycles. The SMILES string of the molecule is NC(=O)NCCNCc1ccco1. The summed E-state index contributed by atoms with van der Waals surface area (Å²) in [5, 5.41) is 5.55. The molecular formula is C8H13N3O2. The average molecular weight is 183 g/mol. The van der Waals surface area contributed by atoms with Gasteiger partial charge >= 0.3 is 6.03 Å². The molecule has 0 aromatic carbocycles. The number of primary amides is 1. The number of hydrogen-bond donors (Lipinski definition) is 3. The number of nitrogens with one attached hydrogen (secondary N) is 2. The van der Waals surface area contributed by atoms with Crippen LogP contribution in [0.15, 0.2) is 22.8 Å². The topological polar surface area (TPSA) is 80.3 Å². The fourth-order valence-electron chi connectivity index (χ4n) is 0.899. The predicted octanol–water partition coefficient (Wildman–Crippen LogP) is 0.0375. The van der Waals surface area contributed by atoms with Gasteiger partial charge in [0.2, 0.25) is 0 Å². The minimum absolute atomic E-state index is 0.500. The lowest BCUT2D eigenvalue weighted by Gasteiger charge is -2.02. The second kappa shape index (κ2) is 5.21. The van der Waals surface area contributed by atoms with E-state index in [1.54, 1.807) is 6.26 Å². The Balaban J connectivity index is 1.99. The number of urea groups is 1. The molecule has 0 saturated heterocycles. The molecule has 0 spiro atoms. The maximum absolute atomic E-state index is 10.3. The van der Waals surface area contributed by atoms with Crippen molar-refractivity contribution in [3.63, 3.8) is 0 Å². The first kappa shape index (κ1) is 9.60. The van der Waals surface area contributed by atoms with Gasteiger partial charge in [-0.2, -0.15) is 0 Å². The predicted molar refractivity (Wildman–Crippen MR) is 48.0 cm³/mol. The Labute approximate surface area is 76.3 Å². The van der Waals surface area contributed by atoms with E-state index in [1.165, 1.54) is 0 Å². The van der Waals surface area contributed by atoms with Gasteiger partial charge in [-0.1, -0.05) is 0 Å². The van der Waals surface area contributed by atoms with Crippen molar-refractivity contribution in [3.8, 4) is 0 Å². The van der Waals surface area contributed by atoms with Crippen molar-refractivity contribution in [2.24, 2.45) is 5.73 Å². The molecule has 0 aliphatic rings. The number of carbonyl (C=O) groups excluding carboxylic acids is 1. The Hall–Kier alpha value is -1.49. The van der Waals surface area contributed by atoms with E-state index < -0.39 is 6.03 Å². The van der Waals surface area contributed by atoms with Crippen LogP contribution in [0.3, 0.4) is 0 Å². The molecule has 13 heavy (non-hydrogen) atoms. The molecule has 0 unspecified atom stereocenters. The normalized spacial score (nSPS) is 9.85. The van der Waals surface area contributed by atoms with E-state index in [0.29, 0.717) is 19.6 Å². The van der Waals surface area contributed by atoms with Crippen molar-refractivity contribution in [2.75, 3.05) is 13.1 Å². The van der Waals surface area contributed by atoms with Gasteiger partial charge in [0.15, 0.2) is 0 Å². The summed E-state index contributed by atoms with van der Waals surface area (Å²) in [5.74, 6) is 0.874. The Morgan fingerprint density at radius 3 is 3.00 bits per heavy atom. The van der Waals surface area contributed by atoms with Gasteiger partial charge in [0.05, 0.1) is 12.8 Å². The maximum Gasteiger partial charge on any atom is 0.312 e. The van der Waals surface area contributed by atoms with Gasteiger partial charge in [0.25, 0.3) is 0 Å². The summed E-state index contributed by atoms with van der Waals surface area (Å²) in [6, 6.07) is 3.22. The van der Waals surface area contributed by atoms with Crippen molar-refractivity contribution >= 4 is 6.03 Å². The summed E-state index contributed by atoms with van der Waals surface area (Å²) in [6.45, 7) is 1.85. The highest BCUT2D eigenvalue weighted by atomic mass is 16.3. The molecule has 1 aromatic heterocycles. The van der Waals surface area contributed by atoms with Gasteiger partial charge in [-0.25, -0.2) is 4.79 Å². The lowest BCUT2D eigenvalue weighted by atomic mass is 10.4. The number of nitrogens with two attached hydrogens (primary N) is 1. The number of amides is 2. The van der Waals surface area contributed by atoms with Crippen molar-refractivity contribution in [3.05, 3.63) is 24.2 Å². The van der Waals surface area contributed by atoms with Gasteiger partial charge in [0, 0.05) is 13.1 Å². The summed E-state index contributed by atoms with van der Waals surface area (Å²) >= 11 is 0. The number of hydrogen-bond acceptors (Lipinski definition) is 3. The molecule has 1 rings (SSSR count). The van der Waals surface area contributed by atoms with E-state index in [2.05, 4.69) is 10.6 Å². The van der Waals surface area contributed by atoms with E-state index in [1.807, 2.05) is 12.1 Å². The van der Waals surface area contributed by atoms with Gasteiger partial charge in [-0.05, 0) is 12.1 Å². The van der Waals surface area contributed by atoms with Crippen LogP contribution >= 0.6 is 0 Å². The van der Waals surface area contributed by atoms with Crippen molar-refractivity contribution in [1.29, 1.82) is 0 Å². The second-order valence-corrected chi connectivity index (χ2v) is 2.55. The van der Waals surface area contributed by atoms with Crippen LogP contribution in [0.4, 0.5) is 4.79 Å². The molecular weight excluding hydrogens is 170 g/mol. The largest absolute Gasteiger partial charge is 0.468 e. The van der Waals surface area contributed by atoms with Crippen molar-refractivity contribution in [2.45, 2.75) is 6.54 Å². The maximum atomic E-state index is 10.3. The summed E-state index contributed by atoms with van der Waals surface area (Å²) in [7, 11) is 0. The van der Waals surface area contributed by atoms with E-state index in [9.17, 15) is 4.79 Å². The van der Waals surface area contributed by atoms with Crippen molar-refractivity contribution in [1.82, 2.24) is 10.6 Å². The van der Waals surface area contributed by atoms with Crippen molar-refractivity contribution < 1.29 is 9.21 Å². The van der Waals surface area contributed by atoms with E-state index in [-0.39, 0.29) is 0 Å². The van der Waals surface area contributed by atoms with Crippen LogP contribution in [0.1, 0.15) is 5.76 Å². The third-order valence-corrected chi connectivity index (χ3v) is 1.48. The number of carbonyl (C=O) groups is 1. The lowest BCUT2D eigenvalue weighted by Crippen LogP contribution is -2.35. The molecule has 72 valence electrons. The fourth-order valence-corrected chi connectivity index (χ4v) is 0.899. The molecule has 0 radical (unpaired) electrons. The first-order valence-electron chi connectivity index (χ1n) is 4.05. The van der Waals surface area contributed by atoms with Gasteiger partial charge in [-0.15, -0.1) is 0 Å². The van der Waals surface area contributed by atoms with Gasteiger partial charge in [-0.3, -0.25) is 0 Å². The molecule has 0 aliphatic heterocycles. The molecule has 5 nitrogen and oxygen atoms in total. The first-order valence-corrected chi connectivity index (χ1v) is 4.05. The highest BCUT2D eigenvalue weighted by Crippen LogP contribution is 1.97. The average Bonchev–Trinajstić information content (AvgIpc) is 2.55. The summed E-state index contributed by atoms with van der Waals surface area (Å²) < 4.78 is 5.09. The molecule has 0 saturated carbocycles. The fraction of sp³-hybridized carbons (Fsp3) is 0.375. The highest BCUT2D eigenvalue weighted by Gasteiger charge is 1.94. The third kappa shape index (κ3) is 4.17. The summed E-state index contributed by atoms with van der Waals surface area (Å²) in [5.41, 5.74) is 4.87. The van der Waals surface area contributed by atoms with Gasteiger partial charge < -0.3 is 20.8 Å². The van der Waals surface area contributed by atoms with E-state index in [4.69, 9.17) is 10.2 Å².